The van der Waals surface area contributed by atoms with E-state index in [9.17, 15) is 9.90 Å². The summed E-state index contributed by atoms with van der Waals surface area (Å²) < 4.78 is 0. The van der Waals surface area contributed by atoms with Gasteiger partial charge in [-0.2, -0.15) is 0 Å². The van der Waals surface area contributed by atoms with Crippen molar-refractivity contribution in [1.82, 2.24) is 5.32 Å². The number of fused-ring (bicyclic) bond motifs is 1. The van der Waals surface area contributed by atoms with Crippen molar-refractivity contribution >= 4 is 5.97 Å². The molecule has 3 nitrogen and oxygen atoms in total. The van der Waals surface area contributed by atoms with Crippen LogP contribution >= 0.6 is 0 Å². The molecule has 13 heavy (non-hydrogen) atoms. The molecule has 1 atom stereocenters. The van der Waals surface area contributed by atoms with Crippen molar-refractivity contribution in [3.05, 3.63) is 35.4 Å². The first-order chi connectivity index (χ1) is 6.29. The Hall–Kier alpha value is -1.35. The second-order valence-electron chi connectivity index (χ2n) is 3.15. The fourth-order valence-electron chi connectivity index (χ4n) is 1.71. The normalized spacial score (nSPS) is 20.8. The molecule has 1 radical (unpaired) electrons. The second-order valence-corrected chi connectivity index (χ2v) is 3.15. The molecule has 1 aromatic rings. The van der Waals surface area contributed by atoms with Crippen LogP contribution in [0.4, 0.5) is 0 Å². The smallest absolute Gasteiger partial charge is 0.300 e. The highest BCUT2D eigenvalue weighted by molar-refractivity contribution is 5.76. The van der Waals surface area contributed by atoms with Crippen molar-refractivity contribution in [2.75, 3.05) is 6.54 Å². The van der Waals surface area contributed by atoms with E-state index in [1.807, 2.05) is 24.3 Å². The van der Waals surface area contributed by atoms with Gasteiger partial charge in [-0.3, -0.25) is 0 Å². The lowest BCUT2D eigenvalue weighted by atomic mass is 9.95. The van der Waals surface area contributed by atoms with Crippen LogP contribution in [0.3, 0.4) is 0 Å². The number of carbonyl (C=O) groups is 1. The minimum atomic E-state index is -1.05. The van der Waals surface area contributed by atoms with Gasteiger partial charge in [0.25, 0.3) is 0 Å². The molecule has 3 heteroatoms. The standard InChI is InChI=1S/C10H10NO2/c12-10(13)9-8-4-2-1-3-7(8)5-6-11-9/h1-4,9,11H,5-6H2. The summed E-state index contributed by atoms with van der Waals surface area (Å²) in [6, 6.07) is 6.94. The number of hydrogen-bond acceptors (Lipinski definition) is 2. The van der Waals surface area contributed by atoms with E-state index < -0.39 is 12.0 Å². The van der Waals surface area contributed by atoms with Crippen LogP contribution in [0.25, 0.3) is 0 Å². The third-order valence-electron chi connectivity index (χ3n) is 2.34. The van der Waals surface area contributed by atoms with Gasteiger partial charge in [0, 0.05) is 6.54 Å². The first kappa shape index (κ1) is 8.26. The van der Waals surface area contributed by atoms with Crippen LogP contribution in [0.15, 0.2) is 24.3 Å². The molecule has 1 aliphatic heterocycles. The van der Waals surface area contributed by atoms with Crippen LogP contribution < -0.4 is 5.32 Å². The first-order valence-corrected chi connectivity index (χ1v) is 4.31. The molecule has 0 fully saturated rings. The molecule has 0 saturated heterocycles. The molecule has 1 aromatic carbocycles. The van der Waals surface area contributed by atoms with E-state index in [4.69, 9.17) is 0 Å². The van der Waals surface area contributed by atoms with E-state index >= 15 is 0 Å². The van der Waals surface area contributed by atoms with Crippen molar-refractivity contribution in [3.8, 4) is 0 Å². The zero-order valence-corrected chi connectivity index (χ0v) is 7.12. The molecule has 0 aliphatic carbocycles. The van der Waals surface area contributed by atoms with Crippen LogP contribution in [0.5, 0.6) is 0 Å². The molecule has 0 bridgehead atoms. The van der Waals surface area contributed by atoms with Gasteiger partial charge in [0.1, 0.15) is 6.04 Å². The highest BCUT2D eigenvalue weighted by Gasteiger charge is 2.26. The third kappa shape index (κ3) is 1.42. The molecule has 1 unspecified atom stereocenters. The molecule has 2 rings (SSSR count). The molecule has 1 aliphatic rings. The topological polar surface area (TPSA) is 49.0 Å². The van der Waals surface area contributed by atoms with E-state index in [0.29, 0.717) is 6.54 Å². The van der Waals surface area contributed by atoms with Gasteiger partial charge < -0.3 is 5.32 Å². The summed E-state index contributed by atoms with van der Waals surface area (Å²) in [5.74, 6) is -1.05. The van der Waals surface area contributed by atoms with Crippen molar-refractivity contribution < 1.29 is 9.90 Å². The summed E-state index contributed by atoms with van der Waals surface area (Å²) in [6.45, 7) is 0.704. The lowest BCUT2D eigenvalue weighted by Crippen LogP contribution is -2.34. The largest absolute Gasteiger partial charge is 0.376 e. The molecular formula is C10H10NO2. The first-order valence-electron chi connectivity index (χ1n) is 4.31. The predicted molar refractivity (Wildman–Crippen MR) is 46.6 cm³/mol. The van der Waals surface area contributed by atoms with Gasteiger partial charge >= 0.3 is 5.97 Å². The van der Waals surface area contributed by atoms with E-state index in [1.54, 1.807) is 0 Å². The van der Waals surface area contributed by atoms with Gasteiger partial charge in [0.05, 0.1) is 0 Å². The molecule has 0 spiro atoms. The van der Waals surface area contributed by atoms with Gasteiger partial charge in [0.15, 0.2) is 0 Å². The van der Waals surface area contributed by atoms with Crippen molar-refractivity contribution in [1.29, 1.82) is 0 Å². The summed E-state index contributed by atoms with van der Waals surface area (Å²) in [4.78, 5) is 10.7. The maximum absolute atomic E-state index is 10.7. The number of benzene rings is 1. The summed E-state index contributed by atoms with van der Waals surface area (Å²) in [5.41, 5.74) is 1.95. The minimum Gasteiger partial charge on any atom is -0.300 e. The Morgan fingerprint density at radius 2 is 2.15 bits per heavy atom. The van der Waals surface area contributed by atoms with Gasteiger partial charge in [0.2, 0.25) is 0 Å². The Morgan fingerprint density at radius 1 is 1.38 bits per heavy atom. The highest BCUT2D eigenvalue weighted by atomic mass is 16.4. The minimum absolute atomic E-state index is 0.634. The lowest BCUT2D eigenvalue weighted by molar-refractivity contribution is -0.146. The Balaban J connectivity index is 2.42. The Kier molecular flexibility index (Phi) is 2.02. The highest BCUT2D eigenvalue weighted by Crippen LogP contribution is 2.22. The molecule has 0 amide bonds. The molecule has 0 saturated carbocycles. The number of rotatable bonds is 1. The molecule has 1 heterocycles. The van der Waals surface area contributed by atoms with Crippen molar-refractivity contribution in [3.63, 3.8) is 0 Å². The lowest BCUT2D eigenvalue weighted by Gasteiger charge is -2.22. The van der Waals surface area contributed by atoms with Crippen LogP contribution in [0.1, 0.15) is 17.2 Å². The number of carbonyl (C=O) groups excluding carboxylic acids is 1. The summed E-state index contributed by atoms with van der Waals surface area (Å²) in [5, 5.41) is 13.7. The second kappa shape index (κ2) is 3.18. The zero-order valence-electron chi connectivity index (χ0n) is 7.12. The molecular weight excluding hydrogens is 166 g/mol. The molecule has 0 aromatic heterocycles. The van der Waals surface area contributed by atoms with Crippen molar-refractivity contribution in [2.24, 2.45) is 0 Å². The van der Waals surface area contributed by atoms with Gasteiger partial charge in [-0.1, -0.05) is 24.3 Å². The van der Waals surface area contributed by atoms with Crippen LogP contribution in [0.2, 0.25) is 0 Å². The fraction of sp³-hybridized carbons (Fsp3) is 0.300. The van der Waals surface area contributed by atoms with Gasteiger partial charge in [-0.15, -0.1) is 0 Å². The molecule has 67 valence electrons. The fourth-order valence-corrected chi connectivity index (χ4v) is 1.71. The Labute approximate surface area is 76.4 Å². The van der Waals surface area contributed by atoms with E-state index in [2.05, 4.69) is 5.32 Å². The van der Waals surface area contributed by atoms with Gasteiger partial charge in [-0.05, 0) is 17.5 Å². The quantitative estimate of drug-likeness (QED) is 0.689. The Bertz CT molecular complexity index is 335. The SMILES string of the molecule is [O]C(=O)C1NCCc2ccccc21. The van der Waals surface area contributed by atoms with Crippen LogP contribution in [-0.4, -0.2) is 12.5 Å². The van der Waals surface area contributed by atoms with Gasteiger partial charge in [-0.25, -0.2) is 9.90 Å². The average Bonchev–Trinajstić information content (AvgIpc) is 2.17. The van der Waals surface area contributed by atoms with E-state index in [-0.39, 0.29) is 0 Å². The maximum atomic E-state index is 10.7. The Morgan fingerprint density at radius 3 is 2.92 bits per heavy atom. The van der Waals surface area contributed by atoms with Crippen molar-refractivity contribution in [2.45, 2.75) is 12.5 Å². The average molecular weight is 176 g/mol. The summed E-state index contributed by atoms with van der Waals surface area (Å²) in [6.07, 6.45) is 0.889. The number of hydrogen-bond donors (Lipinski definition) is 1. The summed E-state index contributed by atoms with van der Waals surface area (Å²) >= 11 is 0. The third-order valence-corrected chi connectivity index (χ3v) is 2.34. The summed E-state index contributed by atoms with van der Waals surface area (Å²) in [7, 11) is 0. The van der Waals surface area contributed by atoms with E-state index in [1.165, 1.54) is 0 Å². The number of nitrogens with one attached hydrogen (secondary N) is 1. The maximum Gasteiger partial charge on any atom is 0.376 e. The predicted octanol–water partition coefficient (Wildman–Crippen LogP) is 0.830. The van der Waals surface area contributed by atoms with Crippen LogP contribution in [-0.2, 0) is 16.3 Å². The zero-order chi connectivity index (χ0) is 9.26. The van der Waals surface area contributed by atoms with E-state index in [0.717, 1.165) is 17.5 Å². The molecule has 1 N–H and O–H groups in total. The van der Waals surface area contributed by atoms with Crippen LogP contribution in [0, 0.1) is 0 Å². The monoisotopic (exact) mass is 176 g/mol.